The molecule has 1 aromatic heterocycles. The van der Waals surface area contributed by atoms with Crippen LogP contribution in [0.5, 0.6) is 0 Å². The van der Waals surface area contributed by atoms with E-state index in [1.807, 2.05) is 11.3 Å². The zero-order valence-corrected chi connectivity index (χ0v) is 14.4. The van der Waals surface area contributed by atoms with Crippen molar-refractivity contribution in [3.05, 3.63) is 21.9 Å². The third-order valence-electron chi connectivity index (χ3n) is 4.70. The summed E-state index contributed by atoms with van der Waals surface area (Å²) < 4.78 is 0. The number of rotatable bonds is 5. The van der Waals surface area contributed by atoms with Crippen LogP contribution in [0, 0.1) is 6.92 Å². The van der Waals surface area contributed by atoms with E-state index in [9.17, 15) is 0 Å². The third-order valence-corrected chi connectivity index (χ3v) is 5.78. The summed E-state index contributed by atoms with van der Waals surface area (Å²) in [6.07, 6.45) is 5.50. The van der Waals surface area contributed by atoms with Crippen molar-refractivity contribution in [2.75, 3.05) is 19.6 Å². The fourth-order valence-electron chi connectivity index (χ4n) is 3.38. The van der Waals surface area contributed by atoms with E-state index in [4.69, 9.17) is 0 Å². The minimum Gasteiger partial charge on any atom is -0.308 e. The number of nitrogens with zero attached hydrogens (tertiary/aromatic N) is 1. The Morgan fingerprint density at radius 1 is 1.25 bits per heavy atom. The molecule has 0 aromatic carbocycles. The molecule has 20 heavy (non-hydrogen) atoms. The zero-order valence-electron chi connectivity index (χ0n) is 13.5. The van der Waals surface area contributed by atoms with Crippen LogP contribution in [0.4, 0.5) is 0 Å². The van der Waals surface area contributed by atoms with Crippen molar-refractivity contribution in [3.8, 4) is 0 Å². The minimum absolute atomic E-state index is 0.177. The first-order valence-corrected chi connectivity index (χ1v) is 8.97. The molecule has 1 N–H and O–H groups in total. The summed E-state index contributed by atoms with van der Waals surface area (Å²) in [4.78, 5) is 4.23. The average Bonchev–Trinajstić information content (AvgIpc) is 2.69. The molecule has 1 atom stereocenters. The molecular formula is C17H30N2S. The van der Waals surface area contributed by atoms with Gasteiger partial charge in [0, 0.05) is 10.4 Å². The van der Waals surface area contributed by atoms with Gasteiger partial charge >= 0.3 is 0 Å². The molecule has 1 aliphatic heterocycles. The topological polar surface area (TPSA) is 15.3 Å². The summed E-state index contributed by atoms with van der Waals surface area (Å²) in [6.45, 7) is 12.8. The minimum atomic E-state index is 0.177. The highest BCUT2D eigenvalue weighted by molar-refractivity contribution is 7.10. The molecule has 1 aliphatic rings. The number of thiophene rings is 1. The van der Waals surface area contributed by atoms with E-state index in [2.05, 4.69) is 49.4 Å². The predicted octanol–water partition coefficient (Wildman–Crippen LogP) is 4.36. The molecule has 3 heteroatoms. The number of hydrogen-bond acceptors (Lipinski definition) is 3. The first-order chi connectivity index (χ1) is 9.57. The molecule has 2 heterocycles. The summed E-state index contributed by atoms with van der Waals surface area (Å²) >= 11 is 1.90. The Morgan fingerprint density at radius 2 is 1.90 bits per heavy atom. The van der Waals surface area contributed by atoms with Crippen LogP contribution >= 0.6 is 11.3 Å². The second-order valence-corrected chi connectivity index (χ2v) is 7.46. The summed E-state index contributed by atoms with van der Waals surface area (Å²) in [6, 6.07) is 2.69. The molecule has 0 saturated carbocycles. The van der Waals surface area contributed by atoms with Crippen LogP contribution in [0.3, 0.4) is 0 Å². The summed E-state index contributed by atoms with van der Waals surface area (Å²) in [5.41, 5.74) is 1.61. The second-order valence-electron chi connectivity index (χ2n) is 6.51. The van der Waals surface area contributed by atoms with Crippen molar-refractivity contribution < 1.29 is 0 Å². The van der Waals surface area contributed by atoms with Crippen molar-refractivity contribution in [2.45, 2.75) is 65.0 Å². The molecule has 2 nitrogen and oxygen atoms in total. The fourth-order valence-corrected chi connectivity index (χ4v) is 4.56. The van der Waals surface area contributed by atoms with Gasteiger partial charge in [0.05, 0.1) is 6.04 Å². The Labute approximate surface area is 128 Å². The molecule has 2 rings (SSSR count). The maximum atomic E-state index is 3.75. The number of aryl methyl sites for hydroxylation is 1. The summed E-state index contributed by atoms with van der Waals surface area (Å²) in [5.74, 6) is 0. The van der Waals surface area contributed by atoms with Gasteiger partial charge in [-0.15, -0.1) is 11.3 Å². The van der Waals surface area contributed by atoms with Gasteiger partial charge in [0.15, 0.2) is 0 Å². The predicted molar refractivity (Wildman–Crippen MR) is 89.6 cm³/mol. The molecule has 1 unspecified atom stereocenters. The SMILES string of the molecule is CCNC(c1sccc1C)C(C)(C)N1CCCCCC1. The molecular weight excluding hydrogens is 264 g/mol. The van der Waals surface area contributed by atoms with Gasteiger partial charge in [-0.2, -0.15) is 0 Å². The van der Waals surface area contributed by atoms with Crippen LogP contribution in [0.1, 0.15) is 62.9 Å². The summed E-state index contributed by atoms with van der Waals surface area (Å²) in [5, 5.41) is 5.98. The van der Waals surface area contributed by atoms with Crippen molar-refractivity contribution in [1.82, 2.24) is 10.2 Å². The number of likely N-dealkylation sites (tertiary alicyclic amines) is 1. The molecule has 0 aliphatic carbocycles. The van der Waals surface area contributed by atoms with E-state index < -0.39 is 0 Å². The molecule has 0 spiro atoms. The number of likely N-dealkylation sites (N-methyl/N-ethyl adjacent to an activating group) is 1. The van der Waals surface area contributed by atoms with Gasteiger partial charge < -0.3 is 5.32 Å². The second kappa shape index (κ2) is 7.06. The van der Waals surface area contributed by atoms with E-state index >= 15 is 0 Å². The third kappa shape index (κ3) is 3.44. The lowest BCUT2D eigenvalue weighted by Crippen LogP contribution is -2.53. The number of hydrogen-bond donors (Lipinski definition) is 1. The summed E-state index contributed by atoms with van der Waals surface area (Å²) in [7, 11) is 0. The van der Waals surface area contributed by atoms with Crippen molar-refractivity contribution in [1.29, 1.82) is 0 Å². The average molecular weight is 295 g/mol. The normalized spacial score (nSPS) is 19.8. The Balaban J connectivity index is 2.24. The van der Waals surface area contributed by atoms with E-state index in [0.29, 0.717) is 6.04 Å². The Bertz CT molecular complexity index is 403. The molecule has 1 saturated heterocycles. The lowest BCUT2D eigenvalue weighted by molar-refractivity contribution is 0.0851. The Kier molecular flexibility index (Phi) is 5.65. The van der Waals surface area contributed by atoms with Crippen LogP contribution in [-0.2, 0) is 0 Å². The molecule has 0 bridgehead atoms. The van der Waals surface area contributed by atoms with Crippen LogP contribution in [0.25, 0.3) is 0 Å². The van der Waals surface area contributed by atoms with Crippen molar-refractivity contribution >= 4 is 11.3 Å². The van der Waals surface area contributed by atoms with Gasteiger partial charge in [0.1, 0.15) is 0 Å². The largest absolute Gasteiger partial charge is 0.308 e. The van der Waals surface area contributed by atoms with Crippen LogP contribution in [0.2, 0.25) is 0 Å². The van der Waals surface area contributed by atoms with E-state index in [1.54, 1.807) is 0 Å². The quantitative estimate of drug-likeness (QED) is 0.868. The van der Waals surface area contributed by atoms with Gasteiger partial charge in [-0.05, 0) is 70.3 Å². The number of nitrogens with one attached hydrogen (secondary N) is 1. The van der Waals surface area contributed by atoms with Crippen LogP contribution in [-0.4, -0.2) is 30.1 Å². The highest BCUT2D eigenvalue weighted by Crippen LogP contribution is 2.36. The lowest BCUT2D eigenvalue weighted by Gasteiger charge is -2.44. The maximum Gasteiger partial charge on any atom is 0.0599 e. The first-order valence-electron chi connectivity index (χ1n) is 8.09. The maximum absolute atomic E-state index is 3.75. The smallest absolute Gasteiger partial charge is 0.0599 e. The molecule has 0 radical (unpaired) electrons. The lowest BCUT2D eigenvalue weighted by atomic mass is 9.89. The molecule has 1 fully saturated rings. The van der Waals surface area contributed by atoms with E-state index in [-0.39, 0.29) is 5.54 Å². The Hall–Kier alpha value is -0.380. The molecule has 114 valence electrons. The van der Waals surface area contributed by atoms with E-state index in [1.165, 1.54) is 49.2 Å². The van der Waals surface area contributed by atoms with Gasteiger partial charge in [-0.25, -0.2) is 0 Å². The van der Waals surface area contributed by atoms with Gasteiger partial charge in [-0.3, -0.25) is 4.90 Å². The highest BCUT2D eigenvalue weighted by Gasteiger charge is 2.37. The van der Waals surface area contributed by atoms with Gasteiger partial charge in [-0.1, -0.05) is 19.8 Å². The molecule has 0 amide bonds. The van der Waals surface area contributed by atoms with Gasteiger partial charge in [0.2, 0.25) is 0 Å². The first kappa shape index (κ1) is 16.0. The van der Waals surface area contributed by atoms with Crippen molar-refractivity contribution in [2.24, 2.45) is 0 Å². The standard InChI is InChI=1S/C17H30N2S/c1-5-18-16(15-14(2)10-13-20-15)17(3,4)19-11-8-6-7-9-12-19/h10,13,16,18H,5-9,11-12H2,1-4H3. The van der Waals surface area contributed by atoms with Crippen LogP contribution in [0.15, 0.2) is 11.4 Å². The molecule has 1 aromatic rings. The monoisotopic (exact) mass is 294 g/mol. The fraction of sp³-hybridized carbons (Fsp3) is 0.765. The van der Waals surface area contributed by atoms with E-state index in [0.717, 1.165) is 6.54 Å². The zero-order chi connectivity index (χ0) is 14.6. The van der Waals surface area contributed by atoms with Crippen LogP contribution < -0.4 is 5.32 Å². The van der Waals surface area contributed by atoms with Crippen molar-refractivity contribution in [3.63, 3.8) is 0 Å². The highest BCUT2D eigenvalue weighted by atomic mass is 32.1. The Morgan fingerprint density at radius 3 is 2.40 bits per heavy atom. The van der Waals surface area contributed by atoms with Gasteiger partial charge in [0.25, 0.3) is 0 Å².